The molecule has 1 heterocycles. The molecule has 1 fully saturated rings. The molecule has 0 atom stereocenters. The molecule has 0 radical (unpaired) electrons. The Hall–Kier alpha value is -2.10. The van der Waals surface area contributed by atoms with E-state index < -0.39 is 27.5 Å². The van der Waals surface area contributed by atoms with Gasteiger partial charge in [-0.2, -0.15) is 4.31 Å². The highest BCUT2D eigenvalue weighted by Crippen LogP contribution is 2.22. The Kier molecular flexibility index (Phi) is 5.97. The number of carbonyl (C=O) groups excluding carboxylic acids is 1. The third-order valence-electron chi connectivity index (χ3n) is 4.51. The smallest absolute Gasteiger partial charge is 0.243 e. The summed E-state index contributed by atoms with van der Waals surface area (Å²) in [4.78, 5) is 13.5. The summed E-state index contributed by atoms with van der Waals surface area (Å²) in [5, 5.41) is 0.146. The average molecular weight is 433 g/mol. The van der Waals surface area contributed by atoms with E-state index in [1.165, 1.54) is 23.1 Å². The topological polar surface area (TPSA) is 57.7 Å². The van der Waals surface area contributed by atoms with Crippen LogP contribution in [0.15, 0.2) is 41.3 Å². The summed E-state index contributed by atoms with van der Waals surface area (Å²) in [6, 6.07) is 6.50. The van der Waals surface area contributed by atoms with Crippen LogP contribution in [0.3, 0.4) is 0 Å². The van der Waals surface area contributed by atoms with Crippen LogP contribution < -0.4 is 0 Å². The Balaban J connectivity index is 1.66. The van der Waals surface area contributed by atoms with Crippen molar-refractivity contribution in [1.29, 1.82) is 0 Å². The van der Waals surface area contributed by atoms with E-state index in [0.717, 1.165) is 16.4 Å². The monoisotopic (exact) mass is 432 g/mol. The van der Waals surface area contributed by atoms with Crippen LogP contribution in [0, 0.1) is 17.5 Å². The fraction of sp³-hybridized carbons (Fsp3) is 0.278. The Morgan fingerprint density at radius 1 is 0.964 bits per heavy atom. The lowest BCUT2D eigenvalue weighted by Gasteiger charge is -2.34. The molecule has 0 aliphatic carbocycles. The molecule has 28 heavy (non-hydrogen) atoms. The molecule has 0 bridgehead atoms. The lowest BCUT2D eigenvalue weighted by Crippen LogP contribution is -2.50. The van der Waals surface area contributed by atoms with Gasteiger partial charge in [-0.25, -0.2) is 21.6 Å². The summed E-state index contributed by atoms with van der Waals surface area (Å²) >= 11 is 5.93. The van der Waals surface area contributed by atoms with Crippen molar-refractivity contribution < 1.29 is 26.4 Å². The Morgan fingerprint density at radius 3 is 2.25 bits per heavy atom. The van der Waals surface area contributed by atoms with Crippen LogP contribution in [0.1, 0.15) is 5.56 Å². The normalized spacial score (nSPS) is 15.6. The maximum Gasteiger partial charge on any atom is 0.243 e. The molecule has 150 valence electrons. The van der Waals surface area contributed by atoms with Crippen molar-refractivity contribution in [3.05, 3.63) is 64.4 Å². The largest absolute Gasteiger partial charge is 0.340 e. The van der Waals surface area contributed by atoms with Crippen LogP contribution in [0.2, 0.25) is 5.02 Å². The first-order chi connectivity index (χ1) is 13.2. The van der Waals surface area contributed by atoms with Crippen molar-refractivity contribution in [2.75, 3.05) is 26.2 Å². The van der Waals surface area contributed by atoms with Crippen molar-refractivity contribution >= 4 is 27.5 Å². The Bertz CT molecular complexity index is 989. The van der Waals surface area contributed by atoms with E-state index in [0.29, 0.717) is 6.07 Å². The molecule has 1 aliphatic heterocycles. The fourth-order valence-corrected chi connectivity index (χ4v) is 4.59. The third kappa shape index (κ3) is 4.16. The first-order valence-electron chi connectivity index (χ1n) is 8.36. The highest BCUT2D eigenvalue weighted by Gasteiger charge is 2.31. The number of hydrogen-bond acceptors (Lipinski definition) is 3. The van der Waals surface area contributed by atoms with Gasteiger partial charge in [-0.15, -0.1) is 0 Å². The van der Waals surface area contributed by atoms with Crippen LogP contribution in [-0.4, -0.2) is 49.7 Å². The summed E-state index contributed by atoms with van der Waals surface area (Å²) < 4.78 is 66.5. The molecule has 2 aromatic carbocycles. The number of hydrogen-bond donors (Lipinski definition) is 0. The maximum absolute atomic E-state index is 13.8. The van der Waals surface area contributed by atoms with E-state index in [1.807, 2.05) is 0 Å². The van der Waals surface area contributed by atoms with Crippen LogP contribution in [0.5, 0.6) is 0 Å². The van der Waals surface area contributed by atoms with Crippen LogP contribution in [0.4, 0.5) is 13.2 Å². The van der Waals surface area contributed by atoms with Gasteiger partial charge in [-0.3, -0.25) is 4.79 Å². The zero-order valence-electron chi connectivity index (χ0n) is 14.5. The molecule has 0 N–H and O–H groups in total. The second-order valence-electron chi connectivity index (χ2n) is 6.24. The second-order valence-corrected chi connectivity index (χ2v) is 8.58. The molecular formula is C18H16ClF3N2O3S. The van der Waals surface area contributed by atoms with Crippen LogP contribution >= 0.6 is 11.6 Å². The number of carbonyl (C=O) groups is 1. The summed E-state index contributed by atoms with van der Waals surface area (Å²) in [6.07, 6.45) is -0.235. The van der Waals surface area contributed by atoms with E-state index in [9.17, 15) is 26.4 Å². The van der Waals surface area contributed by atoms with Gasteiger partial charge in [0, 0.05) is 36.8 Å². The van der Waals surface area contributed by atoms with E-state index in [-0.39, 0.29) is 54.0 Å². The molecule has 0 spiro atoms. The van der Waals surface area contributed by atoms with E-state index in [2.05, 4.69) is 0 Å². The van der Waals surface area contributed by atoms with Crippen molar-refractivity contribution in [3.63, 3.8) is 0 Å². The molecule has 0 aromatic heterocycles. The minimum atomic E-state index is -4.02. The number of amides is 1. The lowest BCUT2D eigenvalue weighted by atomic mass is 10.1. The van der Waals surface area contributed by atoms with Gasteiger partial charge in [-0.1, -0.05) is 17.7 Å². The zero-order valence-corrected chi connectivity index (χ0v) is 16.1. The van der Waals surface area contributed by atoms with E-state index in [1.54, 1.807) is 0 Å². The van der Waals surface area contributed by atoms with Crippen molar-refractivity contribution in [2.45, 2.75) is 11.3 Å². The molecule has 3 rings (SSSR count). The molecule has 10 heteroatoms. The number of sulfonamides is 1. The van der Waals surface area contributed by atoms with Gasteiger partial charge in [0.05, 0.1) is 11.3 Å². The average Bonchev–Trinajstić information content (AvgIpc) is 2.67. The van der Waals surface area contributed by atoms with Crippen molar-refractivity contribution in [2.24, 2.45) is 0 Å². The fourth-order valence-electron chi connectivity index (χ4n) is 2.93. The molecule has 2 aromatic rings. The van der Waals surface area contributed by atoms with Crippen LogP contribution in [0.25, 0.3) is 0 Å². The first kappa shape index (κ1) is 20.6. The van der Waals surface area contributed by atoms with Crippen LogP contribution in [-0.2, 0) is 21.2 Å². The zero-order chi connectivity index (χ0) is 20.5. The minimum Gasteiger partial charge on any atom is -0.340 e. The number of halogens is 4. The minimum absolute atomic E-state index is 0.0158. The van der Waals surface area contributed by atoms with Gasteiger partial charge >= 0.3 is 0 Å². The Morgan fingerprint density at radius 2 is 1.64 bits per heavy atom. The summed E-state index contributed by atoms with van der Waals surface area (Å²) in [6.45, 7) is 0.151. The predicted octanol–water partition coefficient (Wildman–Crippen LogP) is 2.83. The van der Waals surface area contributed by atoms with Gasteiger partial charge in [-0.05, 0) is 30.3 Å². The number of piperazine rings is 1. The molecule has 1 amide bonds. The highest BCUT2D eigenvalue weighted by atomic mass is 35.5. The Labute approximate surface area is 165 Å². The third-order valence-corrected chi connectivity index (χ3v) is 6.76. The van der Waals surface area contributed by atoms with E-state index in [4.69, 9.17) is 11.6 Å². The molecule has 1 saturated heterocycles. The molecular weight excluding hydrogens is 417 g/mol. The SMILES string of the molecule is O=C(Cc1c(F)cccc1Cl)N1CCN(S(=O)(=O)c2ccc(F)c(F)c2)CC1. The second kappa shape index (κ2) is 8.10. The molecule has 0 saturated carbocycles. The van der Waals surface area contributed by atoms with Gasteiger partial charge in [0.15, 0.2) is 11.6 Å². The summed E-state index contributed by atoms with van der Waals surface area (Å²) in [5.41, 5.74) is 0.0889. The first-order valence-corrected chi connectivity index (χ1v) is 10.2. The van der Waals surface area contributed by atoms with Gasteiger partial charge in [0.25, 0.3) is 0 Å². The summed E-state index contributed by atoms with van der Waals surface area (Å²) in [5.74, 6) is -3.35. The number of nitrogens with zero attached hydrogens (tertiary/aromatic N) is 2. The molecule has 0 unspecified atom stereocenters. The number of rotatable bonds is 4. The molecule has 5 nitrogen and oxygen atoms in total. The van der Waals surface area contributed by atoms with Gasteiger partial charge in [0.2, 0.25) is 15.9 Å². The quantitative estimate of drug-likeness (QED) is 0.746. The maximum atomic E-state index is 13.8. The van der Waals surface area contributed by atoms with E-state index >= 15 is 0 Å². The van der Waals surface area contributed by atoms with Gasteiger partial charge < -0.3 is 4.90 Å². The lowest BCUT2D eigenvalue weighted by molar-refractivity contribution is -0.131. The summed E-state index contributed by atoms with van der Waals surface area (Å²) in [7, 11) is -4.02. The standard InChI is InChI=1S/C18H16ClF3N2O3S/c19-14-2-1-3-15(20)13(14)11-18(25)23-6-8-24(9-7-23)28(26,27)12-4-5-16(21)17(22)10-12/h1-5,10H,6-9,11H2. The highest BCUT2D eigenvalue weighted by molar-refractivity contribution is 7.89. The molecule has 1 aliphatic rings. The number of benzene rings is 2. The van der Waals surface area contributed by atoms with Crippen molar-refractivity contribution in [1.82, 2.24) is 9.21 Å². The van der Waals surface area contributed by atoms with Gasteiger partial charge in [0.1, 0.15) is 5.82 Å². The van der Waals surface area contributed by atoms with Crippen molar-refractivity contribution in [3.8, 4) is 0 Å². The predicted molar refractivity (Wildman–Crippen MR) is 96.8 cm³/mol.